The lowest BCUT2D eigenvalue weighted by atomic mass is 9.82. The molecule has 0 aromatic heterocycles. The number of carbonyl (C=O) groups is 1. The fourth-order valence-corrected chi connectivity index (χ4v) is 3.23. The van der Waals surface area contributed by atoms with Crippen molar-refractivity contribution >= 4 is 54.7 Å². The molecule has 0 fully saturated rings. The lowest BCUT2D eigenvalue weighted by molar-refractivity contribution is -0.119. The number of hydrogen-bond acceptors (Lipinski definition) is 5. The third-order valence-corrected chi connectivity index (χ3v) is 6.50. The molecule has 0 aliphatic carbocycles. The highest BCUT2D eigenvalue weighted by molar-refractivity contribution is 9.11. The monoisotopic (exact) mass is 554 g/mol. The first-order valence-corrected chi connectivity index (χ1v) is 11.5. The Bertz CT molecular complexity index is 954. The maximum absolute atomic E-state index is 10.1. The lowest BCUT2D eigenvalue weighted by Crippen LogP contribution is -2.23. The van der Waals surface area contributed by atoms with Crippen LogP contribution in [0, 0.1) is 5.92 Å². The van der Waals surface area contributed by atoms with Crippen LogP contribution in [0.4, 0.5) is 11.4 Å². The summed E-state index contributed by atoms with van der Waals surface area (Å²) in [5, 5.41) is 0. The van der Waals surface area contributed by atoms with Crippen LogP contribution in [-0.2, 0) is 10.2 Å². The molecule has 31 heavy (non-hydrogen) atoms. The number of ether oxygens (including phenoxy) is 2. The first-order chi connectivity index (χ1) is 14.4. The first-order valence-electron chi connectivity index (χ1n) is 9.88. The molecule has 2 aromatic carbocycles. The summed E-state index contributed by atoms with van der Waals surface area (Å²) in [7, 11) is 3.32. The molecule has 0 saturated heterocycles. The van der Waals surface area contributed by atoms with Crippen molar-refractivity contribution in [3.8, 4) is 11.5 Å². The summed E-state index contributed by atoms with van der Waals surface area (Å²) >= 11 is 6.81. The van der Waals surface area contributed by atoms with Gasteiger partial charge in [0.05, 0.1) is 19.9 Å². The van der Waals surface area contributed by atoms with Gasteiger partial charge in [0.15, 0.2) is 0 Å². The number of nitrogen functional groups attached to an aromatic ring is 1. The van der Waals surface area contributed by atoms with E-state index in [1.165, 1.54) is 5.56 Å². The zero-order chi connectivity index (χ0) is 23.9. The minimum absolute atomic E-state index is 0.0372. The number of hydrogen-bond donors (Lipinski definition) is 1. The van der Waals surface area contributed by atoms with Crippen molar-refractivity contribution in [3.63, 3.8) is 0 Å². The SMILES string of the molecule is CC(=O)C(C)C.COc1ccc(Br)c(N)c1.COc1ccc(Br)c2c1C(C)(C)C(C)=N2. The number of halogens is 2. The van der Waals surface area contributed by atoms with Gasteiger partial charge in [-0.1, -0.05) is 27.7 Å². The summed E-state index contributed by atoms with van der Waals surface area (Å²) in [6, 6.07) is 9.44. The number of fused-ring (bicyclic) bond motifs is 1. The molecule has 0 bridgehead atoms. The standard InChI is InChI=1S/C12H14BrNO.C7H8BrNO.C5H10O/c1-7-12(2,3)10-9(15-4)6-5-8(13)11(10)14-7;1-10-5-2-3-6(8)7(9)4-5;1-4(2)5(3)6/h5-6H,1-4H3;2-4H,9H2,1H3;4H,1-3H3. The maximum Gasteiger partial charge on any atom is 0.132 e. The van der Waals surface area contributed by atoms with Gasteiger partial charge in [0.2, 0.25) is 0 Å². The molecule has 5 nitrogen and oxygen atoms in total. The Balaban J connectivity index is 0.000000260. The summed E-state index contributed by atoms with van der Waals surface area (Å²) in [6.07, 6.45) is 0. The Morgan fingerprint density at radius 2 is 1.61 bits per heavy atom. The van der Waals surface area contributed by atoms with E-state index in [4.69, 9.17) is 15.2 Å². The smallest absolute Gasteiger partial charge is 0.132 e. The average molecular weight is 556 g/mol. The van der Waals surface area contributed by atoms with Crippen LogP contribution in [0.5, 0.6) is 11.5 Å². The van der Waals surface area contributed by atoms with Crippen molar-refractivity contribution in [2.75, 3.05) is 20.0 Å². The molecule has 1 aliphatic heterocycles. The summed E-state index contributed by atoms with van der Waals surface area (Å²) < 4.78 is 12.3. The van der Waals surface area contributed by atoms with Crippen LogP contribution >= 0.6 is 31.9 Å². The molecule has 3 rings (SSSR count). The Morgan fingerprint density at radius 1 is 1.06 bits per heavy atom. The summed E-state index contributed by atoms with van der Waals surface area (Å²) in [4.78, 5) is 14.7. The van der Waals surface area contributed by atoms with E-state index in [1.54, 1.807) is 27.2 Å². The molecular formula is C24H32Br2N2O3. The number of nitrogens with two attached hydrogens (primary N) is 1. The van der Waals surface area contributed by atoms with Crippen LogP contribution in [0.3, 0.4) is 0 Å². The van der Waals surface area contributed by atoms with Gasteiger partial charge in [-0.25, -0.2) is 0 Å². The van der Waals surface area contributed by atoms with Gasteiger partial charge >= 0.3 is 0 Å². The predicted molar refractivity (Wildman–Crippen MR) is 137 cm³/mol. The number of Topliss-reactive ketones (excluding diaryl/α,β-unsaturated/α-hetero) is 1. The summed E-state index contributed by atoms with van der Waals surface area (Å²) in [5.74, 6) is 2.17. The normalized spacial score (nSPS) is 13.2. The van der Waals surface area contributed by atoms with Crippen LogP contribution in [0.2, 0.25) is 0 Å². The lowest BCUT2D eigenvalue weighted by Gasteiger charge is -2.22. The average Bonchev–Trinajstić information content (AvgIpc) is 2.96. The van der Waals surface area contributed by atoms with Gasteiger partial charge in [0, 0.05) is 43.3 Å². The fourth-order valence-electron chi connectivity index (χ4n) is 2.57. The molecule has 1 aliphatic rings. The number of methoxy groups -OCH3 is 2. The number of rotatable bonds is 3. The second kappa shape index (κ2) is 11.7. The van der Waals surface area contributed by atoms with Gasteiger partial charge in [-0.15, -0.1) is 0 Å². The molecule has 2 N–H and O–H groups in total. The molecule has 7 heteroatoms. The summed E-state index contributed by atoms with van der Waals surface area (Å²) in [6.45, 7) is 11.8. The van der Waals surface area contributed by atoms with Crippen LogP contribution in [0.15, 0.2) is 44.3 Å². The zero-order valence-electron chi connectivity index (χ0n) is 19.5. The molecule has 2 aromatic rings. The number of benzene rings is 2. The number of anilines is 1. The Labute approximate surface area is 202 Å². The molecular weight excluding hydrogens is 524 g/mol. The van der Waals surface area contributed by atoms with E-state index in [9.17, 15) is 4.79 Å². The van der Waals surface area contributed by atoms with Crippen molar-refractivity contribution < 1.29 is 14.3 Å². The molecule has 0 spiro atoms. The fraction of sp³-hybridized carbons (Fsp3) is 0.417. The van der Waals surface area contributed by atoms with Crippen molar-refractivity contribution in [2.45, 2.75) is 47.0 Å². The second-order valence-electron chi connectivity index (χ2n) is 7.95. The Hall–Kier alpha value is -1.86. The van der Waals surface area contributed by atoms with Gasteiger partial charge in [-0.3, -0.25) is 9.79 Å². The highest BCUT2D eigenvalue weighted by Crippen LogP contribution is 2.48. The molecule has 0 atom stereocenters. The minimum atomic E-state index is -0.0372. The number of nitrogens with zero attached hydrogens (tertiary/aromatic N) is 1. The van der Waals surface area contributed by atoms with Gasteiger partial charge in [-0.2, -0.15) is 0 Å². The van der Waals surface area contributed by atoms with E-state index in [1.807, 2.05) is 38.1 Å². The minimum Gasteiger partial charge on any atom is -0.497 e. The van der Waals surface area contributed by atoms with E-state index in [-0.39, 0.29) is 17.1 Å². The van der Waals surface area contributed by atoms with E-state index in [0.29, 0.717) is 5.69 Å². The van der Waals surface area contributed by atoms with E-state index >= 15 is 0 Å². The molecule has 0 saturated carbocycles. The van der Waals surface area contributed by atoms with Crippen molar-refractivity contribution in [2.24, 2.45) is 10.9 Å². The summed E-state index contributed by atoms with van der Waals surface area (Å²) in [5.41, 5.74) is 9.54. The molecule has 0 amide bonds. The van der Waals surface area contributed by atoms with Gasteiger partial charge in [0.25, 0.3) is 0 Å². The maximum atomic E-state index is 10.1. The van der Waals surface area contributed by atoms with Crippen LogP contribution in [0.1, 0.15) is 47.1 Å². The number of carbonyl (C=O) groups excluding carboxylic acids is 1. The largest absolute Gasteiger partial charge is 0.497 e. The zero-order valence-corrected chi connectivity index (χ0v) is 22.6. The number of ketones is 1. The van der Waals surface area contributed by atoms with Crippen LogP contribution < -0.4 is 15.2 Å². The van der Waals surface area contributed by atoms with Crippen LogP contribution in [-0.4, -0.2) is 25.7 Å². The van der Waals surface area contributed by atoms with Gasteiger partial charge in [-0.05, 0) is 70.0 Å². The molecule has 0 radical (unpaired) electrons. The predicted octanol–water partition coefficient (Wildman–Crippen LogP) is 7.11. The Kier molecular flexibility index (Phi) is 10.2. The van der Waals surface area contributed by atoms with E-state index in [0.717, 1.165) is 31.8 Å². The molecule has 1 heterocycles. The van der Waals surface area contributed by atoms with Crippen molar-refractivity contribution in [1.29, 1.82) is 0 Å². The second-order valence-corrected chi connectivity index (χ2v) is 9.66. The van der Waals surface area contributed by atoms with Crippen molar-refractivity contribution in [1.82, 2.24) is 0 Å². The quantitative estimate of drug-likeness (QED) is 0.409. The molecule has 170 valence electrons. The van der Waals surface area contributed by atoms with Crippen LogP contribution in [0.25, 0.3) is 0 Å². The third-order valence-electron chi connectivity index (χ3n) is 5.14. The first kappa shape index (κ1) is 27.2. The van der Waals surface area contributed by atoms with Gasteiger partial charge in [0.1, 0.15) is 17.3 Å². The number of aliphatic imine (C=N–C) groups is 1. The van der Waals surface area contributed by atoms with E-state index < -0.39 is 0 Å². The van der Waals surface area contributed by atoms with Crippen molar-refractivity contribution in [3.05, 3.63) is 44.8 Å². The highest BCUT2D eigenvalue weighted by atomic mass is 79.9. The topological polar surface area (TPSA) is 73.9 Å². The Morgan fingerprint density at radius 3 is 2.06 bits per heavy atom. The van der Waals surface area contributed by atoms with Gasteiger partial charge < -0.3 is 15.2 Å². The highest BCUT2D eigenvalue weighted by Gasteiger charge is 2.36. The molecule has 0 unspecified atom stereocenters. The third kappa shape index (κ3) is 7.07. The van der Waals surface area contributed by atoms with E-state index in [2.05, 4.69) is 57.6 Å².